The summed E-state index contributed by atoms with van der Waals surface area (Å²) in [6.45, 7) is 3.35. The van der Waals surface area contributed by atoms with Gasteiger partial charge in [0, 0.05) is 12.1 Å². The Morgan fingerprint density at radius 3 is 2.65 bits per heavy atom. The van der Waals surface area contributed by atoms with Crippen LogP contribution in [0.4, 0.5) is 10.5 Å². The van der Waals surface area contributed by atoms with Gasteiger partial charge >= 0.3 is 12.0 Å². The summed E-state index contributed by atoms with van der Waals surface area (Å²) in [5.41, 5.74) is 0.481. The van der Waals surface area contributed by atoms with Crippen LogP contribution in [0, 0.1) is 0 Å². The molecule has 0 saturated carbocycles. The number of hydrogen-bond donors (Lipinski definition) is 2. The average Bonchev–Trinajstić information content (AvgIpc) is 2.44. The number of anilines is 1. The number of nitrogens with zero attached hydrogens (tertiary/aromatic N) is 2. The van der Waals surface area contributed by atoms with E-state index < -0.39 is 12.0 Å². The van der Waals surface area contributed by atoms with Crippen LogP contribution in [0.15, 0.2) is 18.3 Å². The molecule has 0 aliphatic heterocycles. The van der Waals surface area contributed by atoms with Crippen LogP contribution in [0.25, 0.3) is 0 Å². The number of carbonyl (C=O) groups is 2. The molecule has 0 spiro atoms. The van der Waals surface area contributed by atoms with E-state index in [0.717, 1.165) is 0 Å². The molecule has 7 heteroatoms. The van der Waals surface area contributed by atoms with Crippen LogP contribution in [-0.4, -0.2) is 46.7 Å². The normalized spacial score (nSPS) is 11.6. The van der Waals surface area contributed by atoms with Gasteiger partial charge in [-0.1, -0.05) is 6.92 Å². The number of urea groups is 1. The molecule has 0 saturated heterocycles. The maximum atomic E-state index is 12.1. The van der Waals surface area contributed by atoms with E-state index in [1.807, 2.05) is 6.92 Å². The highest BCUT2D eigenvalue weighted by atomic mass is 16.5. The summed E-state index contributed by atoms with van der Waals surface area (Å²) in [6, 6.07) is 2.62. The monoisotopic (exact) mass is 281 g/mol. The third-order valence-electron chi connectivity index (χ3n) is 2.89. The molecule has 1 rings (SSSR count). The van der Waals surface area contributed by atoms with Crippen molar-refractivity contribution in [1.82, 2.24) is 9.88 Å². The zero-order chi connectivity index (χ0) is 15.1. The number of ether oxygens (including phenoxy) is 1. The number of methoxy groups -OCH3 is 1. The number of carboxylic acid groups (broad SMARTS) is 1. The Bertz CT molecular complexity index is 461. The van der Waals surface area contributed by atoms with E-state index in [0.29, 0.717) is 18.0 Å². The highest BCUT2D eigenvalue weighted by molar-refractivity contribution is 5.91. The molecule has 2 N–H and O–H groups in total. The molecule has 0 aromatic carbocycles. The predicted octanol–water partition coefficient (Wildman–Crippen LogP) is 1.81. The van der Waals surface area contributed by atoms with Crippen molar-refractivity contribution in [2.24, 2.45) is 0 Å². The van der Waals surface area contributed by atoms with Crippen LogP contribution < -0.4 is 10.1 Å². The molecule has 0 aliphatic rings. The van der Waals surface area contributed by atoms with Crippen molar-refractivity contribution in [2.75, 3.05) is 19.0 Å². The van der Waals surface area contributed by atoms with Crippen molar-refractivity contribution in [3.05, 3.63) is 18.3 Å². The zero-order valence-corrected chi connectivity index (χ0v) is 11.8. The summed E-state index contributed by atoms with van der Waals surface area (Å²) < 4.78 is 4.92. The fraction of sp³-hybridized carbons (Fsp3) is 0.462. The van der Waals surface area contributed by atoms with E-state index >= 15 is 0 Å². The van der Waals surface area contributed by atoms with E-state index in [1.54, 1.807) is 19.1 Å². The lowest BCUT2D eigenvalue weighted by molar-refractivity contribution is -0.138. The predicted molar refractivity (Wildman–Crippen MR) is 73.9 cm³/mol. The highest BCUT2D eigenvalue weighted by Gasteiger charge is 2.21. The van der Waals surface area contributed by atoms with Crippen molar-refractivity contribution in [3.63, 3.8) is 0 Å². The zero-order valence-electron chi connectivity index (χ0n) is 11.8. The van der Waals surface area contributed by atoms with Crippen LogP contribution in [-0.2, 0) is 4.79 Å². The number of aliphatic carboxylic acids is 1. The lowest BCUT2D eigenvalue weighted by Gasteiger charge is -2.27. The summed E-state index contributed by atoms with van der Waals surface area (Å²) in [5.74, 6) is -0.611. The number of aromatic nitrogens is 1. The minimum Gasteiger partial charge on any atom is -0.481 e. The number of carboxylic acids is 1. The van der Waals surface area contributed by atoms with Gasteiger partial charge < -0.3 is 20.1 Å². The first-order valence-electron chi connectivity index (χ1n) is 6.27. The van der Waals surface area contributed by atoms with Gasteiger partial charge in [0.15, 0.2) is 0 Å². The first-order chi connectivity index (χ1) is 9.47. The Kier molecular flexibility index (Phi) is 5.76. The quantitative estimate of drug-likeness (QED) is 0.829. The van der Waals surface area contributed by atoms with E-state index in [9.17, 15) is 9.59 Å². The lowest BCUT2D eigenvalue weighted by Crippen LogP contribution is -2.44. The maximum Gasteiger partial charge on any atom is 0.323 e. The summed E-state index contributed by atoms with van der Waals surface area (Å²) in [6.07, 6.45) is 2.12. The number of nitrogens with one attached hydrogen (secondary N) is 1. The molecule has 1 unspecified atom stereocenters. The fourth-order valence-electron chi connectivity index (χ4n) is 1.56. The van der Waals surface area contributed by atoms with Crippen LogP contribution >= 0.6 is 0 Å². The van der Waals surface area contributed by atoms with Gasteiger partial charge in [0.1, 0.15) is 6.54 Å². The Labute approximate surface area is 117 Å². The summed E-state index contributed by atoms with van der Waals surface area (Å²) >= 11 is 0. The lowest BCUT2D eigenvalue weighted by atomic mass is 10.2. The number of rotatable bonds is 6. The molecule has 110 valence electrons. The van der Waals surface area contributed by atoms with Crippen LogP contribution in [0.1, 0.15) is 20.3 Å². The van der Waals surface area contributed by atoms with E-state index in [1.165, 1.54) is 18.2 Å². The van der Waals surface area contributed by atoms with E-state index in [2.05, 4.69) is 10.3 Å². The van der Waals surface area contributed by atoms with Crippen LogP contribution in [0.3, 0.4) is 0 Å². The molecule has 0 fully saturated rings. The molecule has 1 atom stereocenters. The smallest absolute Gasteiger partial charge is 0.323 e. The molecule has 1 heterocycles. The second-order valence-corrected chi connectivity index (χ2v) is 4.30. The van der Waals surface area contributed by atoms with Gasteiger partial charge in [0.2, 0.25) is 5.88 Å². The third kappa shape index (κ3) is 4.42. The number of hydrogen-bond acceptors (Lipinski definition) is 4. The Hall–Kier alpha value is -2.31. The number of carbonyl (C=O) groups excluding carboxylic acids is 1. The molecule has 1 aromatic heterocycles. The standard InChI is InChI=1S/C13H19N3O4/c1-4-9(2)16(8-12(17)18)13(19)15-10-5-6-11(20-3)14-7-10/h5-7,9H,4,8H2,1-3H3,(H,15,19)(H,17,18). The first-order valence-corrected chi connectivity index (χ1v) is 6.27. The summed E-state index contributed by atoms with van der Waals surface area (Å²) in [7, 11) is 1.50. The number of amides is 2. The van der Waals surface area contributed by atoms with Crippen molar-refractivity contribution >= 4 is 17.7 Å². The molecule has 1 aromatic rings. The largest absolute Gasteiger partial charge is 0.481 e. The Morgan fingerprint density at radius 1 is 1.50 bits per heavy atom. The molecular formula is C13H19N3O4. The second-order valence-electron chi connectivity index (χ2n) is 4.30. The van der Waals surface area contributed by atoms with Crippen molar-refractivity contribution < 1.29 is 19.4 Å². The van der Waals surface area contributed by atoms with Gasteiger partial charge in [-0.25, -0.2) is 9.78 Å². The van der Waals surface area contributed by atoms with Gasteiger partial charge in [-0.05, 0) is 19.4 Å². The SMILES string of the molecule is CCC(C)N(CC(=O)O)C(=O)Nc1ccc(OC)nc1. The van der Waals surface area contributed by atoms with Gasteiger partial charge in [0.25, 0.3) is 0 Å². The Morgan fingerprint density at radius 2 is 2.20 bits per heavy atom. The van der Waals surface area contributed by atoms with Crippen LogP contribution in [0.5, 0.6) is 5.88 Å². The Balaban J connectivity index is 2.76. The summed E-state index contributed by atoms with van der Waals surface area (Å²) in [5, 5.41) is 11.5. The average molecular weight is 281 g/mol. The van der Waals surface area contributed by atoms with Gasteiger partial charge in [-0.3, -0.25) is 4.79 Å². The van der Waals surface area contributed by atoms with Gasteiger partial charge in [0.05, 0.1) is 19.0 Å². The minimum absolute atomic E-state index is 0.169. The molecule has 20 heavy (non-hydrogen) atoms. The fourth-order valence-corrected chi connectivity index (χ4v) is 1.56. The minimum atomic E-state index is -1.05. The van der Waals surface area contributed by atoms with E-state index in [-0.39, 0.29) is 12.6 Å². The molecule has 0 radical (unpaired) electrons. The van der Waals surface area contributed by atoms with E-state index in [4.69, 9.17) is 9.84 Å². The van der Waals surface area contributed by atoms with Gasteiger partial charge in [-0.15, -0.1) is 0 Å². The second kappa shape index (κ2) is 7.32. The molecule has 7 nitrogen and oxygen atoms in total. The third-order valence-corrected chi connectivity index (χ3v) is 2.89. The molecule has 2 amide bonds. The molecule has 0 aliphatic carbocycles. The summed E-state index contributed by atoms with van der Waals surface area (Å²) in [4.78, 5) is 28.1. The topological polar surface area (TPSA) is 91.8 Å². The maximum absolute atomic E-state index is 12.1. The van der Waals surface area contributed by atoms with Crippen molar-refractivity contribution in [1.29, 1.82) is 0 Å². The number of pyridine rings is 1. The van der Waals surface area contributed by atoms with Gasteiger partial charge in [-0.2, -0.15) is 0 Å². The highest BCUT2D eigenvalue weighted by Crippen LogP contribution is 2.13. The molecule has 0 bridgehead atoms. The van der Waals surface area contributed by atoms with Crippen LogP contribution in [0.2, 0.25) is 0 Å². The molecular weight excluding hydrogens is 262 g/mol. The first kappa shape index (κ1) is 15.7. The van der Waals surface area contributed by atoms with Crippen molar-refractivity contribution in [2.45, 2.75) is 26.3 Å². The van der Waals surface area contributed by atoms with Crippen molar-refractivity contribution in [3.8, 4) is 5.88 Å².